The molecular formula is C19H16N4O2. The number of rotatable bonds is 4. The molecule has 0 unspecified atom stereocenters. The van der Waals surface area contributed by atoms with Crippen molar-refractivity contribution in [2.24, 2.45) is 22.7 Å². The average molecular weight is 332 g/mol. The summed E-state index contributed by atoms with van der Waals surface area (Å²) in [4.78, 5) is 16.4. The van der Waals surface area contributed by atoms with Crippen molar-refractivity contribution in [1.29, 1.82) is 15.8 Å². The third-order valence-corrected chi connectivity index (χ3v) is 4.30. The molecule has 6 heteroatoms. The van der Waals surface area contributed by atoms with Crippen LogP contribution in [0, 0.1) is 51.7 Å². The Kier molecular flexibility index (Phi) is 5.32. The minimum Gasteiger partial charge on any atom is -0.497 e. The number of aliphatic imine (C=N–C) groups is 1. The van der Waals surface area contributed by atoms with E-state index in [9.17, 15) is 20.6 Å². The van der Waals surface area contributed by atoms with Crippen LogP contribution < -0.4 is 4.74 Å². The van der Waals surface area contributed by atoms with Crippen LogP contribution in [-0.2, 0) is 4.79 Å². The molecule has 0 spiro atoms. The summed E-state index contributed by atoms with van der Waals surface area (Å²) in [6.45, 7) is 5.26. The summed E-state index contributed by atoms with van der Waals surface area (Å²) < 4.78 is 5.14. The van der Waals surface area contributed by atoms with Crippen LogP contribution >= 0.6 is 0 Å². The number of ether oxygens (including phenoxy) is 1. The Labute approximate surface area is 146 Å². The Morgan fingerprint density at radius 3 is 2.28 bits per heavy atom. The van der Waals surface area contributed by atoms with Gasteiger partial charge in [-0.05, 0) is 24.6 Å². The molecule has 1 aliphatic heterocycles. The lowest BCUT2D eigenvalue weighted by Crippen LogP contribution is -2.38. The van der Waals surface area contributed by atoms with Crippen LogP contribution in [0.5, 0.6) is 5.75 Å². The van der Waals surface area contributed by atoms with Gasteiger partial charge in [0.25, 0.3) is 0 Å². The van der Waals surface area contributed by atoms with Crippen molar-refractivity contribution in [3.8, 4) is 24.0 Å². The highest BCUT2D eigenvalue weighted by Crippen LogP contribution is 2.43. The highest BCUT2D eigenvalue weighted by atomic mass is 16.5. The minimum absolute atomic E-state index is 0.149. The molecule has 0 radical (unpaired) electrons. The van der Waals surface area contributed by atoms with E-state index >= 15 is 0 Å². The highest BCUT2D eigenvalue weighted by molar-refractivity contribution is 5.99. The maximum absolute atomic E-state index is 12.2. The average Bonchev–Trinajstić information content (AvgIpc) is 2.62. The summed E-state index contributed by atoms with van der Waals surface area (Å²) in [7, 11) is 1.54. The Morgan fingerprint density at radius 2 is 1.84 bits per heavy atom. The van der Waals surface area contributed by atoms with E-state index in [1.807, 2.05) is 12.1 Å². The van der Waals surface area contributed by atoms with Gasteiger partial charge in [-0.2, -0.15) is 15.8 Å². The SMILES string of the molecule is C=C1N=C(C(C#N)C#N)[C@H](C#N)[C@H](c2ccc(OC)cc2)[C@@H]1C(C)=O. The molecule has 3 atom stereocenters. The number of ketones is 1. The lowest BCUT2D eigenvalue weighted by Gasteiger charge is -2.34. The maximum Gasteiger partial charge on any atom is 0.172 e. The lowest BCUT2D eigenvalue weighted by molar-refractivity contribution is -0.120. The number of nitriles is 3. The molecule has 1 aliphatic rings. The minimum atomic E-state index is -1.16. The van der Waals surface area contributed by atoms with Gasteiger partial charge in [-0.1, -0.05) is 18.7 Å². The Morgan fingerprint density at radius 1 is 1.24 bits per heavy atom. The molecule has 0 aliphatic carbocycles. The molecule has 25 heavy (non-hydrogen) atoms. The van der Waals surface area contributed by atoms with E-state index in [1.54, 1.807) is 31.4 Å². The molecule has 1 aromatic rings. The van der Waals surface area contributed by atoms with Crippen molar-refractivity contribution < 1.29 is 9.53 Å². The van der Waals surface area contributed by atoms with Gasteiger partial charge in [-0.3, -0.25) is 9.79 Å². The first kappa shape index (κ1) is 17.9. The topological polar surface area (TPSA) is 110 Å². The predicted molar refractivity (Wildman–Crippen MR) is 90.3 cm³/mol. The van der Waals surface area contributed by atoms with Crippen molar-refractivity contribution in [1.82, 2.24) is 0 Å². The number of hydrogen-bond donors (Lipinski definition) is 0. The van der Waals surface area contributed by atoms with Crippen LogP contribution in [0.2, 0.25) is 0 Å². The fourth-order valence-electron chi connectivity index (χ4n) is 3.14. The van der Waals surface area contributed by atoms with E-state index in [0.717, 1.165) is 5.56 Å². The van der Waals surface area contributed by atoms with Crippen molar-refractivity contribution >= 4 is 11.5 Å². The zero-order chi connectivity index (χ0) is 18.6. The molecule has 124 valence electrons. The smallest absolute Gasteiger partial charge is 0.172 e. The van der Waals surface area contributed by atoms with E-state index in [-0.39, 0.29) is 17.2 Å². The molecule has 0 saturated heterocycles. The quantitative estimate of drug-likeness (QED) is 0.842. The van der Waals surface area contributed by atoms with E-state index in [2.05, 4.69) is 17.6 Å². The molecule has 0 N–H and O–H groups in total. The van der Waals surface area contributed by atoms with Crippen molar-refractivity contribution in [2.45, 2.75) is 12.8 Å². The molecule has 0 aromatic heterocycles. The molecular weight excluding hydrogens is 316 g/mol. The molecule has 0 bridgehead atoms. The van der Waals surface area contributed by atoms with Crippen LogP contribution in [0.15, 0.2) is 41.5 Å². The van der Waals surface area contributed by atoms with Crippen molar-refractivity contribution in [3.63, 3.8) is 0 Å². The van der Waals surface area contributed by atoms with Gasteiger partial charge in [0.05, 0.1) is 42.9 Å². The predicted octanol–water partition coefficient (Wildman–Crippen LogP) is 2.76. The van der Waals surface area contributed by atoms with Gasteiger partial charge < -0.3 is 4.74 Å². The van der Waals surface area contributed by atoms with Gasteiger partial charge >= 0.3 is 0 Å². The second-order valence-electron chi connectivity index (χ2n) is 5.71. The zero-order valence-corrected chi connectivity index (χ0v) is 13.9. The van der Waals surface area contributed by atoms with Gasteiger partial charge in [0, 0.05) is 11.6 Å². The summed E-state index contributed by atoms with van der Waals surface area (Å²) in [6, 6.07) is 12.8. The van der Waals surface area contributed by atoms with E-state index in [0.29, 0.717) is 5.75 Å². The first-order chi connectivity index (χ1) is 12.0. The summed E-state index contributed by atoms with van der Waals surface area (Å²) in [5.74, 6) is -2.78. The van der Waals surface area contributed by atoms with E-state index in [1.165, 1.54) is 6.92 Å². The first-order valence-electron chi connectivity index (χ1n) is 7.59. The molecule has 1 heterocycles. The number of Topliss-reactive ketones (excluding diaryl/α,β-unsaturated/α-hetero) is 1. The second kappa shape index (κ2) is 7.43. The number of hydrogen-bond acceptors (Lipinski definition) is 6. The fourth-order valence-corrected chi connectivity index (χ4v) is 3.14. The van der Waals surface area contributed by atoms with Crippen LogP contribution in [0.3, 0.4) is 0 Å². The van der Waals surface area contributed by atoms with Gasteiger partial charge in [0.15, 0.2) is 5.92 Å². The second-order valence-corrected chi connectivity index (χ2v) is 5.71. The van der Waals surface area contributed by atoms with Crippen molar-refractivity contribution in [3.05, 3.63) is 42.1 Å². The number of carbonyl (C=O) groups is 1. The molecule has 0 fully saturated rings. The lowest BCUT2D eigenvalue weighted by atomic mass is 9.69. The van der Waals surface area contributed by atoms with Crippen LogP contribution in [0.4, 0.5) is 0 Å². The molecule has 1 aromatic carbocycles. The van der Waals surface area contributed by atoms with Crippen LogP contribution in [0.1, 0.15) is 18.4 Å². The molecule has 0 saturated carbocycles. The van der Waals surface area contributed by atoms with Crippen LogP contribution in [0.25, 0.3) is 0 Å². The normalized spacial score (nSPS) is 22.3. The van der Waals surface area contributed by atoms with E-state index in [4.69, 9.17) is 4.74 Å². The maximum atomic E-state index is 12.2. The van der Waals surface area contributed by atoms with Gasteiger partial charge in [0.1, 0.15) is 11.5 Å². The zero-order valence-electron chi connectivity index (χ0n) is 13.9. The number of nitrogens with zero attached hydrogens (tertiary/aromatic N) is 4. The third kappa shape index (κ3) is 3.27. The van der Waals surface area contributed by atoms with Gasteiger partial charge in [0.2, 0.25) is 0 Å². The van der Waals surface area contributed by atoms with Gasteiger partial charge in [-0.25, -0.2) is 0 Å². The van der Waals surface area contributed by atoms with E-state index < -0.39 is 23.7 Å². The van der Waals surface area contributed by atoms with Gasteiger partial charge in [-0.15, -0.1) is 0 Å². The Hall–Kier alpha value is -3.43. The summed E-state index contributed by atoms with van der Waals surface area (Å²) in [5.41, 5.74) is 1.15. The summed E-state index contributed by atoms with van der Waals surface area (Å²) >= 11 is 0. The van der Waals surface area contributed by atoms with Crippen LogP contribution in [-0.4, -0.2) is 18.6 Å². The van der Waals surface area contributed by atoms with Crippen molar-refractivity contribution in [2.75, 3.05) is 7.11 Å². The number of carbonyl (C=O) groups excluding carboxylic acids is 1. The third-order valence-electron chi connectivity index (χ3n) is 4.30. The molecule has 6 nitrogen and oxygen atoms in total. The fraction of sp³-hybridized carbons (Fsp3) is 0.316. The highest BCUT2D eigenvalue weighted by Gasteiger charge is 2.44. The monoisotopic (exact) mass is 332 g/mol. The summed E-state index contributed by atoms with van der Waals surface area (Å²) in [6.07, 6.45) is 0. The number of benzene rings is 1. The first-order valence-corrected chi connectivity index (χ1v) is 7.59. The summed E-state index contributed by atoms with van der Waals surface area (Å²) in [5, 5.41) is 28.1. The molecule has 0 amide bonds. The number of methoxy groups -OCH3 is 1. The largest absolute Gasteiger partial charge is 0.497 e. The molecule has 2 rings (SSSR count). The Balaban J connectivity index is 2.63. The standard InChI is InChI=1S/C19H16N4O2/c1-11-17(12(2)24)18(13-4-6-15(25-3)7-5-13)16(10-22)19(23-11)14(8-20)9-21/h4-7,14,16-18H,1H2,2-3H3/t16-,17+,18+/m1/s1. The Bertz CT molecular complexity index is 835. The number of allylic oxidation sites excluding steroid dienone is 1.